The fourth-order valence-corrected chi connectivity index (χ4v) is 9.65. The smallest absolute Gasteiger partial charge is 0.207 e. The highest BCUT2D eigenvalue weighted by Gasteiger charge is 2.46. The first kappa shape index (κ1) is 18.4. The highest BCUT2D eigenvalue weighted by atomic mass is 32.2. The first-order chi connectivity index (χ1) is 11.7. The van der Waals surface area contributed by atoms with Gasteiger partial charge in [-0.2, -0.15) is 4.31 Å². The maximum absolute atomic E-state index is 13.1. The molecule has 0 aliphatic carbocycles. The van der Waals surface area contributed by atoms with Crippen molar-refractivity contribution in [1.29, 1.82) is 0 Å². The lowest BCUT2D eigenvalue weighted by atomic mass is 10.2. The first-order valence-corrected chi connectivity index (χ1v) is 13.4. The van der Waals surface area contributed by atoms with E-state index in [-0.39, 0.29) is 6.04 Å². The highest BCUT2D eigenvalue weighted by molar-refractivity contribution is 7.89. The van der Waals surface area contributed by atoms with E-state index >= 15 is 0 Å². The van der Waals surface area contributed by atoms with E-state index in [2.05, 4.69) is 44.3 Å². The summed E-state index contributed by atoms with van der Waals surface area (Å²) in [5, 5.41) is 1.40. The Hall–Kier alpha value is -1.43. The topological polar surface area (TPSA) is 37.4 Å². The molecule has 1 heterocycles. The summed E-state index contributed by atoms with van der Waals surface area (Å²) in [5.74, 6) is 0. The SMILES string of the molecule is Cc1ccc(S(=O)(=O)N2CC[C@H]([Si](C)(C)c3ccccc3)[C@H]2C)cc1. The second-order valence-corrected chi connectivity index (χ2v) is 14.3. The Kier molecular flexibility index (Phi) is 4.92. The van der Waals surface area contributed by atoms with E-state index in [1.54, 1.807) is 16.4 Å². The fraction of sp³-hybridized carbons (Fsp3) is 0.400. The van der Waals surface area contributed by atoms with Crippen LogP contribution in [0.2, 0.25) is 18.6 Å². The van der Waals surface area contributed by atoms with Crippen LogP contribution in [0.5, 0.6) is 0 Å². The predicted octanol–water partition coefficient (Wildman–Crippen LogP) is 3.76. The third kappa shape index (κ3) is 3.33. The van der Waals surface area contributed by atoms with Crippen LogP contribution in [0.25, 0.3) is 0 Å². The molecule has 0 N–H and O–H groups in total. The lowest BCUT2D eigenvalue weighted by Crippen LogP contribution is -2.50. The quantitative estimate of drug-likeness (QED) is 0.765. The van der Waals surface area contributed by atoms with Gasteiger partial charge in [-0.15, -0.1) is 0 Å². The maximum Gasteiger partial charge on any atom is 0.243 e. The molecule has 2 atom stereocenters. The van der Waals surface area contributed by atoms with Gasteiger partial charge in [0, 0.05) is 12.6 Å². The monoisotopic (exact) mass is 373 g/mol. The van der Waals surface area contributed by atoms with Gasteiger partial charge in [-0.25, -0.2) is 8.42 Å². The fourth-order valence-electron chi connectivity index (χ4n) is 4.14. The van der Waals surface area contributed by atoms with E-state index < -0.39 is 18.1 Å². The molecule has 0 saturated carbocycles. The normalized spacial score (nSPS) is 22.2. The summed E-state index contributed by atoms with van der Waals surface area (Å²) in [7, 11) is -5.17. The molecule has 3 rings (SSSR count). The van der Waals surface area contributed by atoms with Crippen molar-refractivity contribution in [2.45, 2.75) is 49.8 Å². The first-order valence-electron chi connectivity index (χ1n) is 8.88. The molecule has 5 heteroatoms. The standard InChI is InChI=1S/C20H27NO2SSi/c1-16-10-12-18(13-11-16)24(22,23)21-15-14-20(17(21)2)25(3,4)19-8-6-5-7-9-19/h5-13,17,20H,14-15H2,1-4H3/t17-,20+/m1/s1. The van der Waals surface area contributed by atoms with E-state index in [1.165, 1.54) is 5.19 Å². The summed E-state index contributed by atoms with van der Waals surface area (Å²) in [4.78, 5) is 0.407. The molecule has 3 nitrogen and oxygen atoms in total. The minimum Gasteiger partial charge on any atom is -0.207 e. The molecule has 1 aliphatic heterocycles. The molecule has 2 aromatic rings. The van der Waals surface area contributed by atoms with Crippen LogP contribution in [0, 0.1) is 6.92 Å². The molecule has 0 spiro atoms. The largest absolute Gasteiger partial charge is 0.243 e. The van der Waals surface area contributed by atoms with E-state index in [0.717, 1.165) is 12.0 Å². The summed E-state index contributed by atoms with van der Waals surface area (Å²) >= 11 is 0. The van der Waals surface area contributed by atoms with Crippen molar-refractivity contribution >= 4 is 23.3 Å². The summed E-state index contributed by atoms with van der Waals surface area (Å²) in [6.45, 7) is 9.41. The van der Waals surface area contributed by atoms with E-state index in [9.17, 15) is 8.42 Å². The molecule has 2 aromatic carbocycles. The summed E-state index contributed by atoms with van der Waals surface area (Å²) < 4.78 is 27.9. The van der Waals surface area contributed by atoms with Crippen LogP contribution in [0.15, 0.2) is 59.5 Å². The van der Waals surface area contributed by atoms with Crippen LogP contribution in [0.3, 0.4) is 0 Å². The zero-order valence-electron chi connectivity index (χ0n) is 15.4. The second kappa shape index (κ2) is 6.70. The molecule has 1 fully saturated rings. The summed E-state index contributed by atoms with van der Waals surface area (Å²) in [5.41, 5.74) is 1.50. The van der Waals surface area contributed by atoms with Gasteiger partial charge in [-0.3, -0.25) is 0 Å². The second-order valence-electron chi connectivity index (χ2n) is 7.65. The Balaban J connectivity index is 1.89. The molecular formula is C20H27NO2SSi. The van der Waals surface area contributed by atoms with Gasteiger partial charge in [0.25, 0.3) is 0 Å². The minimum atomic E-state index is -3.42. The molecule has 134 valence electrons. The molecule has 0 amide bonds. The van der Waals surface area contributed by atoms with Crippen molar-refractivity contribution in [2.75, 3.05) is 6.54 Å². The van der Waals surface area contributed by atoms with Crippen LogP contribution < -0.4 is 5.19 Å². The third-order valence-electron chi connectivity index (χ3n) is 5.77. The van der Waals surface area contributed by atoms with E-state index in [0.29, 0.717) is 17.0 Å². The van der Waals surface area contributed by atoms with Gasteiger partial charge in [0.05, 0.1) is 13.0 Å². The van der Waals surface area contributed by atoms with Gasteiger partial charge in [0.2, 0.25) is 10.0 Å². The van der Waals surface area contributed by atoms with Crippen LogP contribution in [0.1, 0.15) is 18.9 Å². The van der Waals surface area contributed by atoms with Crippen LogP contribution in [-0.2, 0) is 10.0 Å². The van der Waals surface area contributed by atoms with E-state index in [1.807, 2.05) is 25.1 Å². The van der Waals surface area contributed by atoms with Crippen LogP contribution in [-0.4, -0.2) is 33.4 Å². The Morgan fingerprint density at radius 2 is 1.60 bits per heavy atom. The Labute approximate surface area is 152 Å². The van der Waals surface area contributed by atoms with Crippen molar-refractivity contribution in [3.8, 4) is 0 Å². The number of hydrogen-bond acceptors (Lipinski definition) is 2. The highest BCUT2D eigenvalue weighted by Crippen LogP contribution is 2.40. The number of nitrogens with zero attached hydrogens (tertiary/aromatic N) is 1. The maximum atomic E-state index is 13.1. The Morgan fingerprint density at radius 3 is 2.20 bits per heavy atom. The molecule has 25 heavy (non-hydrogen) atoms. The summed E-state index contributed by atoms with van der Waals surface area (Å²) in [6.07, 6.45) is 0.945. The minimum absolute atomic E-state index is 0.0353. The zero-order valence-corrected chi connectivity index (χ0v) is 17.3. The molecule has 0 unspecified atom stereocenters. The molecule has 1 saturated heterocycles. The Bertz CT molecular complexity index is 832. The van der Waals surface area contributed by atoms with Gasteiger partial charge in [0.15, 0.2) is 0 Å². The third-order valence-corrected chi connectivity index (χ3v) is 12.2. The average molecular weight is 374 g/mol. The van der Waals surface area contributed by atoms with Gasteiger partial charge in [-0.1, -0.05) is 66.3 Å². The number of rotatable bonds is 4. The van der Waals surface area contributed by atoms with Crippen LogP contribution in [0.4, 0.5) is 0 Å². The Morgan fingerprint density at radius 1 is 1.00 bits per heavy atom. The van der Waals surface area contributed by atoms with Gasteiger partial charge >= 0.3 is 0 Å². The number of hydrogen-bond donors (Lipinski definition) is 0. The molecule has 1 aliphatic rings. The lowest BCUT2D eigenvalue weighted by Gasteiger charge is -2.34. The van der Waals surface area contributed by atoms with Crippen molar-refractivity contribution < 1.29 is 8.42 Å². The molecule has 0 radical (unpaired) electrons. The van der Waals surface area contributed by atoms with Gasteiger partial charge in [-0.05, 0) is 37.9 Å². The molecule has 0 aromatic heterocycles. The summed E-state index contributed by atoms with van der Waals surface area (Å²) in [6, 6.07) is 17.9. The zero-order chi connectivity index (χ0) is 18.2. The van der Waals surface area contributed by atoms with Crippen molar-refractivity contribution in [1.82, 2.24) is 4.31 Å². The van der Waals surface area contributed by atoms with E-state index in [4.69, 9.17) is 0 Å². The number of benzene rings is 2. The van der Waals surface area contributed by atoms with Gasteiger partial charge in [0.1, 0.15) is 0 Å². The number of sulfonamides is 1. The van der Waals surface area contributed by atoms with Crippen LogP contribution >= 0.6 is 0 Å². The van der Waals surface area contributed by atoms with Crippen molar-refractivity contribution in [3.63, 3.8) is 0 Å². The average Bonchev–Trinajstić information content (AvgIpc) is 2.99. The number of aryl methyl sites for hydroxylation is 1. The molecular weight excluding hydrogens is 346 g/mol. The van der Waals surface area contributed by atoms with Crippen molar-refractivity contribution in [2.24, 2.45) is 0 Å². The lowest BCUT2D eigenvalue weighted by molar-refractivity contribution is 0.406. The van der Waals surface area contributed by atoms with Gasteiger partial charge < -0.3 is 0 Å². The predicted molar refractivity (Wildman–Crippen MR) is 106 cm³/mol. The van der Waals surface area contributed by atoms with Crippen molar-refractivity contribution in [3.05, 3.63) is 60.2 Å². The molecule has 0 bridgehead atoms.